The molecule has 0 spiro atoms. The topological polar surface area (TPSA) is 36.1 Å². The summed E-state index contributed by atoms with van der Waals surface area (Å²) in [4.78, 5) is 4.36. The van der Waals surface area contributed by atoms with Gasteiger partial charge in [-0.2, -0.15) is 5.26 Å². The maximum Gasteiger partial charge on any atom is 0.0992 e. The lowest BCUT2D eigenvalue weighted by Gasteiger charge is -2.22. The molecule has 1 aliphatic rings. The minimum Gasteiger partial charge on any atom is -0.261 e. The Balaban J connectivity index is 2.53. The number of benzene rings is 1. The third-order valence-corrected chi connectivity index (χ3v) is 2.89. The van der Waals surface area contributed by atoms with Crippen molar-refractivity contribution in [2.24, 2.45) is 10.9 Å². The summed E-state index contributed by atoms with van der Waals surface area (Å²) in [7, 11) is 0. The van der Waals surface area contributed by atoms with Crippen molar-refractivity contribution in [1.29, 1.82) is 5.26 Å². The van der Waals surface area contributed by atoms with E-state index < -0.39 is 0 Å². The normalized spacial score (nSPS) is 24.1. The van der Waals surface area contributed by atoms with Crippen LogP contribution < -0.4 is 0 Å². The van der Waals surface area contributed by atoms with E-state index in [2.05, 4.69) is 24.9 Å². The first-order valence-electron chi connectivity index (χ1n) is 4.80. The van der Waals surface area contributed by atoms with Crippen molar-refractivity contribution in [3.05, 3.63) is 29.3 Å². The van der Waals surface area contributed by atoms with Gasteiger partial charge in [0.2, 0.25) is 0 Å². The molecule has 0 radical (unpaired) electrons. The van der Waals surface area contributed by atoms with E-state index in [0.717, 1.165) is 5.69 Å². The van der Waals surface area contributed by atoms with Crippen LogP contribution in [0.4, 0.5) is 5.69 Å². The molecule has 2 rings (SSSR count). The minimum absolute atomic E-state index is 0.482. The predicted molar refractivity (Wildman–Crippen MR) is 56.9 cm³/mol. The zero-order valence-electron chi connectivity index (χ0n) is 8.36. The first-order valence-corrected chi connectivity index (χ1v) is 4.80. The van der Waals surface area contributed by atoms with Crippen molar-refractivity contribution in [3.8, 4) is 6.07 Å². The second kappa shape index (κ2) is 3.26. The Morgan fingerprint density at radius 2 is 2.14 bits per heavy atom. The average Bonchev–Trinajstić information content (AvgIpc) is 2.23. The van der Waals surface area contributed by atoms with Crippen molar-refractivity contribution < 1.29 is 0 Å². The van der Waals surface area contributed by atoms with Crippen LogP contribution in [-0.4, -0.2) is 6.21 Å². The predicted octanol–water partition coefficient (Wildman–Crippen LogP) is 3.01. The lowest BCUT2D eigenvalue weighted by Crippen LogP contribution is -2.11. The molecule has 0 aromatic heterocycles. The molecule has 2 atom stereocenters. The molecule has 0 saturated carbocycles. The van der Waals surface area contributed by atoms with Crippen LogP contribution in [0.25, 0.3) is 0 Å². The van der Waals surface area contributed by atoms with Crippen LogP contribution in [0.1, 0.15) is 30.9 Å². The number of aliphatic imine (C=N–C) groups is 1. The summed E-state index contributed by atoms with van der Waals surface area (Å²) in [5.74, 6) is 0.977. The van der Waals surface area contributed by atoms with E-state index in [4.69, 9.17) is 5.26 Å². The maximum atomic E-state index is 8.76. The lowest BCUT2D eigenvalue weighted by molar-refractivity contribution is 0.626. The van der Waals surface area contributed by atoms with Gasteiger partial charge in [-0.3, -0.25) is 4.99 Å². The van der Waals surface area contributed by atoms with Crippen molar-refractivity contribution in [2.75, 3.05) is 0 Å². The molecule has 1 aromatic rings. The molecule has 0 aliphatic carbocycles. The monoisotopic (exact) mass is 184 g/mol. The number of hydrogen-bond donors (Lipinski definition) is 0. The molecular weight excluding hydrogens is 172 g/mol. The van der Waals surface area contributed by atoms with Crippen LogP contribution in [0, 0.1) is 17.2 Å². The highest BCUT2D eigenvalue weighted by Crippen LogP contribution is 2.35. The smallest absolute Gasteiger partial charge is 0.0992 e. The molecule has 0 amide bonds. The minimum atomic E-state index is 0.482. The fourth-order valence-corrected chi connectivity index (χ4v) is 1.72. The zero-order chi connectivity index (χ0) is 10.1. The second-order valence-corrected chi connectivity index (χ2v) is 3.81. The maximum absolute atomic E-state index is 8.76. The molecule has 1 unspecified atom stereocenters. The summed E-state index contributed by atoms with van der Waals surface area (Å²) in [6.07, 6.45) is 1.97. The van der Waals surface area contributed by atoms with E-state index in [1.807, 2.05) is 24.4 Å². The quantitative estimate of drug-likeness (QED) is 0.610. The van der Waals surface area contributed by atoms with E-state index in [-0.39, 0.29) is 0 Å². The van der Waals surface area contributed by atoms with Crippen LogP contribution in [0.15, 0.2) is 23.2 Å². The van der Waals surface area contributed by atoms with Crippen molar-refractivity contribution in [1.82, 2.24) is 0 Å². The van der Waals surface area contributed by atoms with Gasteiger partial charge in [-0.1, -0.05) is 19.9 Å². The van der Waals surface area contributed by atoms with E-state index in [0.29, 0.717) is 17.4 Å². The van der Waals surface area contributed by atoms with Gasteiger partial charge in [0.15, 0.2) is 0 Å². The Hall–Kier alpha value is -1.62. The summed E-state index contributed by atoms with van der Waals surface area (Å²) in [6.45, 7) is 4.36. The molecule has 1 aliphatic heterocycles. The van der Waals surface area contributed by atoms with Crippen LogP contribution in [0.5, 0.6) is 0 Å². The van der Waals surface area contributed by atoms with Crippen molar-refractivity contribution >= 4 is 11.9 Å². The Morgan fingerprint density at radius 3 is 2.86 bits per heavy atom. The van der Waals surface area contributed by atoms with Gasteiger partial charge in [-0.05, 0) is 29.5 Å². The molecule has 0 bridgehead atoms. The number of rotatable bonds is 0. The number of nitriles is 1. The molecule has 2 nitrogen and oxygen atoms in total. The molecule has 2 heteroatoms. The molecule has 1 heterocycles. The zero-order valence-corrected chi connectivity index (χ0v) is 8.36. The summed E-state index contributed by atoms with van der Waals surface area (Å²) >= 11 is 0. The average molecular weight is 184 g/mol. The number of nitrogens with zero attached hydrogens (tertiary/aromatic N) is 2. The SMILES string of the molecule is CC1C=Nc2cc(C#N)ccc2[C@H]1C. The third-order valence-electron chi connectivity index (χ3n) is 2.89. The Bertz CT molecular complexity index is 426. The summed E-state index contributed by atoms with van der Waals surface area (Å²) in [5.41, 5.74) is 2.89. The van der Waals surface area contributed by atoms with E-state index in [1.54, 1.807) is 0 Å². The first kappa shape index (κ1) is 8.96. The van der Waals surface area contributed by atoms with Gasteiger partial charge in [0, 0.05) is 6.21 Å². The highest BCUT2D eigenvalue weighted by molar-refractivity contribution is 5.73. The van der Waals surface area contributed by atoms with Gasteiger partial charge in [-0.25, -0.2) is 0 Å². The highest BCUT2D eigenvalue weighted by atomic mass is 14.7. The molecule has 0 fully saturated rings. The lowest BCUT2D eigenvalue weighted by atomic mass is 9.86. The molecule has 0 N–H and O–H groups in total. The largest absolute Gasteiger partial charge is 0.261 e. The summed E-state index contributed by atoms with van der Waals surface area (Å²) in [6, 6.07) is 7.87. The van der Waals surface area contributed by atoms with Crippen LogP contribution in [0.2, 0.25) is 0 Å². The fraction of sp³-hybridized carbons (Fsp3) is 0.333. The highest BCUT2D eigenvalue weighted by Gasteiger charge is 2.19. The first-order chi connectivity index (χ1) is 6.72. The van der Waals surface area contributed by atoms with Gasteiger partial charge in [-0.15, -0.1) is 0 Å². The standard InChI is InChI=1S/C12H12N2/c1-8-7-14-12-5-10(6-13)3-4-11(12)9(8)2/h3-5,7-9H,1-2H3/t8?,9-/m0/s1. The summed E-state index contributed by atoms with van der Waals surface area (Å²) in [5, 5.41) is 8.76. The molecule has 1 aromatic carbocycles. The fourth-order valence-electron chi connectivity index (χ4n) is 1.72. The van der Waals surface area contributed by atoms with Gasteiger partial charge in [0.1, 0.15) is 0 Å². The third kappa shape index (κ3) is 1.31. The molecular formula is C12H12N2. The van der Waals surface area contributed by atoms with Crippen molar-refractivity contribution in [3.63, 3.8) is 0 Å². The molecule has 70 valence electrons. The second-order valence-electron chi connectivity index (χ2n) is 3.81. The van der Waals surface area contributed by atoms with E-state index in [1.165, 1.54) is 5.56 Å². The summed E-state index contributed by atoms with van der Waals surface area (Å²) < 4.78 is 0. The van der Waals surface area contributed by atoms with E-state index in [9.17, 15) is 0 Å². The molecule has 0 saturated heterocycles. The van der Waals surface area contributed by atoms with Gasteiger partial charge < -0.3 is 0 Å². The van der Waals surface area contributed by atoms with Gasteiger partial charge in [0.25, 0.3) is 0 Å². The van der Waals surface area contributed by atoms with Crippen LogP contribution in [-0.2, 0) is 0 Å². The van der Waals surface area contributed by atoms with Crippen LogP contribution in [0.3, 0.4) is 0 Å². The Morgan fingerprint density at radius 1 is 1.36 bits per heavy atom. The Labute approximate surface area is 83.9 Å². The number of fused-ring (bicyclic) bond motifs is 1. The molecule has 14 heavy (non-hydrogen) atoms. The Kier molecular flexibility index (Phi) is 2.09. The van der Waals surface area contributed by atoms with Gasteiger partial charge in [0.05, 0.1) is 17.3 Å². The van der Waals surface area contributed by atoms with Crippen molar-refractivity contribution in [2.45, 2.75) is 19.8 Å². The van der Waals surface area contributed by atoms with E-state index >= 15 is 0 Å². The van der Waals surface area contributed by atoms with Gasteiger partial charge >= 0.3 is 0 Å². The van der Waals surface area contributed by atoms with Crippen LogP contribution >= 0.6 is 0 Å². The number of hydrogen-bond acceptors (Lipinski definition) is 2.